The number of alkyl halides is 3. The number of nitrogens with one attached hydrogen (secondary N) is 1. The number of nitrogen functional groups attached to an aromatic ring is 1. The average molecular weight is 306 g/mol. The Hall–Kier alpha value is -1.43. The molecule has 3 nitrogen and oxygen atoms in total. The molecular weight excluding hydrogens is 291 g/mol. The fraction of sp³-hybridized carbons (Fsp3) is 0.462. The Kier molecular flexibility index (Phi) is 4.13. The number of halogens is 4. The second-order valence-electron chi connectivity index (χ2n) is 4.88. The average Bonchev–Trinajstić information content (AvgIpc) is 2.37. The van der Waals surface area contributed by atoms with Gasteiger partial charge in [0.25, 0.3) is 0 Å². The number of piperidine rings is 1. The molecule has 1 saturated heterocycles. The maximum Gasteiger partial charge on any atom is 0.391 e. The molecule has 110 valence electrons. The highest BCUT2D eigenvalue weighted by Crippen LogP contribution is 2.36. The number of nitrogens with two attached hydrogens (primary N) is 1. The van der Waals surface area contributed by atoms with Gasteiger partial charge in [0.2, 0.25) is 0 Å². The van der Waals surface area contributed by atoms with E-state index in [9.17, 15) is 13.2 Å². The van der Waals surface area contributed by atoms with Crippen molar-refractivity contribution in [1.29, 1.82) is 5.41 Å². The van der Waals surface area contributed by atoms with Crippen LogP contribution < -0.4 is 10.6 Å². The van der Waals surface area contributed by atoms with Crippen LogP contribution in [0.15, 0.2) is 18.2 Å². The van der Waals surface area contributed by atoms with Crippen LogP contribution in [0.2, 0.25) is 5.02 Å². The fourth-order valence-corrected chi connectivity index (χ4v) is 2.61. The van der Waals surface area contributed by atoms with Crippen LogP contribution in [0, 0.1) is 11.3 Å². The summed E-state index contributed by atoms with van der Waals surface area (Å²) in [6.45, 7) is 0.565. The van der Waals surface area contributed by atoms with E-state index in [-0.39, 0.29) is 31.8 Å². The standard InChI is InChI=1S/C13H15ClF3N3/c14-9-1-2-10(12(18)19)11(7-9)20-5-3-8(4-6-20)13(15,16)17/h1-2,7-8H,3-6H2,(H3,18,19). The van der Waals surface area contributed by atoms with Gasteiger partial charge in [-0.15, -0.1) is 0 Å². The monoisotopic (exact) mass is 305 g/mol. The molecule has 1 fully saturated rings. The Balaban J connectivity index is 2.18. The van der Waals surface area contributed by atoms with E-state index in [1.54, 1.807) is 18.2 Å². The van der Waals surface area contributed by atoms with E-state index in [4.69, 9.17) is 22.7 Å². The lowest BCUT2D eigenvalue weighted by atomic mass is 9.95. The minimum absolute atomic E-state index is 0.0490. The molecule has 1 aromatic rings. The quantitative estimate of drug-likeness (QED) is 0.650. The first-order chi connectivity index (χ1) is 9.29. The first-order valence-corrected chi connectivity index (χ1v) is 6.62. The maximum atomic E-state index is 12.6. The Bertz CT molecular complexity index is 508. The van der Waals surface area contributed by atoms with Crippen molar-refractivity contribution in [3.63, 3.8) is 0 Å². The Morgan fingerprint density at radius 2 is 1.90 bits per heavy atom. The van der Waals surface area contributed by atoms with Crippen molar-refractivity contribution in [2.45, 2.75) is 19.0 Å². The van der Waals surface area contributed by atoms with E-state index in [1.165, 1.54) is 0 Å². The predicted molar refractivity (Wildman–Crippen MR) is 73.5 cm³/mol. The van der Waals surface area contributed by atoms with Crippen LogP contribution in [0.3, 0.4) is 0 Å². The second kappa shape index (κ2) is 5.52. The van der Waals surface area contributed by atoms with Gasteiger partial charge in [-0.25, -0.2) is 0 Å². The third kappa shape index (κ3) is 3.17. The van der Waals surface area contributed by atoms with Crippen LogP contribution in [-0.2, 0) is 0 Å². The summed E-state index contributed by atoms with van der Waals surface area (Å²) in [6.07, 6.45) is -4.04. The zero-order chi connectivity index (χ0) is 14.9. The molecule has 1 aliphatic rings. The van der Waals surface area contributed by atoms with Crippen molar-refractivity contribution in [2.75, 3.05) is 18.0 Å². The lowest BCUT2D eigenvalue weighted by Crippen LogP contribution is -2.39. The molecule has 2 rings (SSSR count). The summed E-state index contributed by atoms with van der Waals surface area (Å²) in [5.74, 6) is -1.37. The van der Waals surface area contributed by atoms with Crippen molar-refractivity contribution in [1.82, 2.24) is 0 Å². The van der Waals surface area contributed by atoms with E-state index in [0.29, 0.717) is 16.3 Å². The molecule has 0 spiro atoms. The van der Waals surface area contributed by atoms with E-state index in [0.717, 1.165) is 0 Å². The number of hydrogen-bond acceptors (Lipinski definition) is 2. The molecule has 1 heterocycles. The maximum absolute atomic E-state index is 12.6. The van der Waals surface area contributed by atoms with Crippen molar-refractivity contribution in [3.05, 3.63) is 28.8 Å². The van der Waals surface area contributed by atoms with Gasteiger partial charge in [0.1, 0.15) is 5.84 Å². The minimum Gasteiger partial charge on any atom is -0.384 e. The molecule has 0 bridgehead atoms. The lowest BCUT2D eigenvalue weighted by molar-refractivity contribution is -0.179. The van der Waals surface area contributed by atoms with E-state index >= 15 is 0 Å². The van der Waals surface area contributed by atoms with Crippen molar-refractivity contribution in [3.8, 4) is 0 Å². The highest BCUT2D eigenvalue weighted by Gasteiger charge is 2.41. The topological polar surface area (TPSA) is 53.1 Å². The van der Waals surface area contributed by atoms with Gasteiger partial charge in [-0.05, 0) is 31.0 Å². The zero-order valence-corrected chi connectivity index (χ0v) is 11.4. The van der Waals surface area contributed by atoms with Gasteiger partial charge >= 0.3 is 6.18 Å². The largest absolute Gasteiger partial charge is 0.391 e. The first kappa shape index (κ1) is 15.0. The number of nitrogens with zero attached hydrogens (tertiary/aromatic N) is 1. The molecule has 0 atom stereocenters. The van der Waals surface area contributed by atoms with Gasteiger partial charge in [0, 0.05) is 29.4 Å². The highest BCUT2D eigenvalue weighted by molar-refractivity contribution is 6.31. The minimum atomic E-state index is -4.14. The normalized spacial score (nSPS) is 17.3. The first-order valence-electron chi connectivity index (χ1n) is 6.24. The van der Waals surface area contributed by atoms with Gasteiger partial charge in [-0.2, -0.15) is 13.2 Å². The van der Waals surface area contributed by atoms with Crippen LogP contribution in [0.1, 0.15) is 18.4 Å². The number of rotatable bonds is 2. The van der Waals surface area contributed by atoms with Crippen LogP contribution in [0.25, 0.3) is 0 Å². The van der Waals surface area contributed by atoms with Gasteiger partial charge < -0.3 is 10.6 Å². The molecule has 1 aromatic carbocycles. The molecule has 0 amide bonds. The summed E-state index contributed by atoms with van der Waals surface area (Å²) in [7, 11) is 0. The molecule has 0 radical (unpaired) electrons. The summed E-state index contributed by atoms with van der Waals surface area (Å²) in [5.41, 5.74) is 6.63. The molecular formula is C13H15ClF3N3. The van der Waals surface area contributed by atoms with E-state index in [1.807, 2.05) is 4.90 Å². The van der Waals surface area contributed by atoms with Crippen LogP contribution >= 0.6 is 11.6 Å². The molecule has 0 aliphatic carbocycles. The van der Waals surface area contributed by atoms with Crippen molar-refractivity contribution >= 4 is 23.1 Å². The molecule has 20 heavy (non-hydrogen) atoms. The van der Waals surface area contributed by atoms with Crippen molar-refractivity contribution in [2.24, 2.45) is 11.7 Å². The number of hydrogen-bond donors (Lipinski definition) is 2. The number of benzene rings is 1. The summed E-state index contributed by atoms with van der Waals surface area (Å²) in [5, 5.41) is 8.01. The number of amidine groups is 1. The van der Waals surface area contributed by atoms with Gasteiger partial charge in [-0.3, -0.25) is 5.41 Å². The smallest absolute Gasteiger partial charge is 0.384 e. The van der Waals surface area contributed by atoms with Crippen molar-refractivity contribution < 1.29 is 13.2 Å². The summed E-state index contributed by atoms with van der Waals surface area (Å²) in [4.78, 5) is 1.81. The van der Waals surface area contributed by atoms with E-state index in [2.05, 4.69) is 0 Å². The Morgan fingerprint density at radius 3 is 2.40 bits per heavy atom. The molecule has 0 aromatic heterocycles. The zero-order valence-electron chi connectivity index (χ0n) is 10.7. The van der Waals surface area contributed by atoms with Crippen LogP contribution in [0.5, 0.6) is 0 Å². The third-order valence-corrected chi connectivity index (χ3v) is 3.78. The molecule has 3 N–H and O–H groups in total. The molecule has 0 unspecified atom stereocenters. The van der Waals surface area contributed by atoms with Gasteiger partial charge in [0.05, 0.1) is 5.92 Å². The van der Waals surface area contributed by atoms with Gasteiger partial charge in [-0.1, -0.05) is 11.6 Å². The summed E-state index contributed by atoms with van der Waals surface area (Å²) in [6, 6.07) is 4.88. The summed E-state index contributed by atoms with van der Waals surface area (Å²) >= 11 is 5.92. The second-order valence-corrected chi connectivity index (χ2v) is 5.31. The molecule has 7 heteroatoms. The molecule has 0 saturated carbocycles. The number of anilines is 1. The SMILES string of the molecule is N=C(N)c1ccc(Cl)cc1N1CCC(C(F)(F)F)CC1. The lowest BCUT2D eigenvalue weighted by Gasteiger charge is -2.35. The van der Waals surface area contributed by atoms with Crippen LogP contribution in [0.4, 0.5) is 18.9 Å². The van der Waals surface area contributed by atoms with E-state index < -0.39 is 12.1 Å². The molecule has 1 aliphatic heterocycles. The summed E-state index contributed by atoms with van der Waals surface area (Å²) < 4.78 is 37.9. The highest BCUT2D eigenvalue weighted by atomic mass is 35.5. The third-order valence-electron chi connectivity index (χ3n) is 3.55. The Labute approximate surface area is 120 Å². The predicted octanol–water partition coefficient (Wildman–Crippen LogP) is 3.40. The fourth-order valence-electron chi connectivity index (χ4n) is 2.44. The van der Waals surface area contributed by atoms with Crippen LogP contribution in [-0.4, -0.2) is 25.1 Å². The van der Waals surface area contributed by atoms with Gasteiger partial charge in [0.15, 0.2) is 0 Å². The Morgan fingerprint density at radius 1 is 1.30 bits per heavy atom.